The lowest BCUT2D eigenvalue weighted by atomic mass is 9.90. The van der Waals surface area contributed by atoms with Gasteiger partial charge < -0.3 is 9.05 Å². The van der Waals surface area contributed by atoms with Gasteiger partial charge in [-0.3, -0.25) is 0 Å². The first-order valence-corrected chi connectivity index (χ1v) is 7.86. The van der Waals surface area contributed by atoms with Gasteiger partial charge in [-0.25, -0.2) is 4.67 Å². The molecule has 0 aromatic carbocycles. The van der Waals surface area contributed by atoms with Gasteiger partial charge in [-0.05, 0) is 38.4 Å². The molecule has 102 valence electrons. The highest BCUT2D eigenvalue weighted by Crippen LogP contribution is 2.57. The molecule has 0 amide bonds. The van der Waals surface area contributed by atoms with E-state index >= 15 is 0 Å². The van der Waals surface area contributed by atoms with Crippen LogP contribution in [-0.2, 0) is 9.05 Å². The second-order valence-electron chi connectivity index (χ2n) is 5.44. The number of hydrogen-bond donors (Lipinski definition) is 0. The Hall–Kier alpha value is -0.370. The molecule has 0 radical (unpaired) electrons. The summed E-state index contributed by atoms with van der Waals surface area (Å²) in [4.78, 5) is 0. The van der Waals surface area contributed by atoms with Gasteiger partial charge in [-0.15, -0.1) is 0 Å². The zero-order valence-electron chi connectivity index (χ0n) is 11.8. The van der Waals surface area contributed by atoms with Crippen LogP contribution in [0, 0.1) is 17.8 Å². The third-order valence-corrected chi connectivity index (χ3v) is 5.41. The van der Waals surface area contributed by atoms with Crippen LogP contribution in [0.3, 0.4) is 0 Å². The van der Waals surface area contributed by atoms with Gasteiger partial charge in [0.1, 0.15) is 5.76 Å². The molecule has 1 aliphatic heterocycles. The normalized spacial score (nSPS) is 41.8. The molecule has 5 unspecified atom stereocenters. The Bertz CT molecular complexity index is 343. The quantitative estimate of drug-likeness (QED) is 0.724. The summed E-state index contributed by atoms with van der Waals surface area (Å²) in [6, 6.07) is 0. The molecule has 0 aromatic heterocycles. The summed E-state index contributed by atoms with van der Waals surface area (Å²) in [6.07, 6.45) is 6.50. The molecule has 18 heavy (non-hydrogen) atoms. The number of rotatable bonds is 3. The summed E-state index contributed by atoms with van der Waals surface area (Å²) in [5.74, 6) is 2.77. The van der Waals surface area contributed by atoms with Gasteiger partial charge in [0.25, 0.3) is 0 Å². The molecular formula is C14H24NO2P. The monoisotopic (exact) mass is 269 g/mol. The Morgan fingerprint density at radius 2 is 2.22 bits per heavy atom. The van der Waals surface area contributed by atoms with E-state index in [0.29, 0.717) is 23.9 Å². The van der Waals surface area contributed by atoms with Crippen molar-refractivity contribution in [3.8, 4) is 0 Å². The van der Waals surface area contributed by atoms with Crippen molar-refractivity contribution in [1.29, 1.82) is 0 Å². The average molecular weight is 269 g/mol. The Balaban J connectivity index is 2.32. The van der Waals surface area contributed by atoms with E-state index in [0.717, 1.165) is 12.2 Å². The van der Waals surface area contributed by atoms with Gasteiger partial charge in [-0.1, -0.05) is 32.9 Å². The molecule has 2 rings (SSSR count). The molecule has 1 heterocycles. The molecule has 2 bridgehead atoms. The van der Waals surface area contributed by atoms with Crippen LogP contribution in [0.2, 0.25) is 0 Å². The van der Waals surface area contributed by atoms with Crippen LogP contribution < -0.4 is 0 Å². The lowest BCUT2D eigenvalue weighted by Crippen LogP contribution is -2.23. The van der Waals surface area contributed by atoms with E-state index in [4.69, 9.17) is 9.05 Å². The SMILES string of the molecule is C=C/C=C1/OP(N(C)C)OC2C(C)CC1C2CC. The fourth-order valence-corrected chi connectivity index (χ4v) is 4.46. The van der Waals surface area contributed by atoms with Crippen LogP contribution in [0.15, 0.2) is 24.5 Å². The maximum Gasteiger partial charge on any atom is 0.320 e. The minimum Gasteiger partial charge on any atom is -0.440 e. The van der Waals surface area contributed by atoms with Gasteiger partial charge in [0, 0.05) is 5.92 Å². The van der Waals surface area contributed by atoms with E-state index in [1.165, 1.54) is 6.42 Å². The Morgan fingerprint density at radius 3 is 2.78 bits per heavy atom. The van der Waals surface area contributed by atoms with Crippen LogP contribution in [0.5, 0.6) is 0 Å². The third kappa shape index (κ3) is 2.49. The smallest absolute Gasteiger partial charge is 0.320 e. The molecule has 0 spiro atoms. The average Bonchev–Trinajstić information content (AvgIpc) is 2.53. The van der Waals surface area contributed by atoms with Crippen molar-refractivity contribution in [3.05, 3.63) is 24.5 Å². The van der Waals surface area contributed by atoms with Crippen LogP contribution >= 0.6 is 8.53 Å². The first-order chi connectivity index (χ1) is 8.58. The van der Waals surface area contributed by atoms with Gasteiger partial charge in [-0.2, -0.15) is 0 Å². The van der Waals surface area contributed by atoms with Crippen molar-refractivity contribution in [2.24, 2.45) is 17.8 Å². The zero-order valence-corrected chi connectivity index (χ0v) is 12.7. The third-order valence-electron chi connectivity index (χ3n) is 3.97. The van der Waals surface area contributed by atoms with Crippen LogP contribution in [0.4, 0.5) is 0 Å². The molecular weight excluding hydrogens is 245 g/mol. The summed E-state index contributed by atoms with van der Waals surface area (Å²) >= 11 is 0. The largest absolute Gasteiger partial charge is 0.440 e. The second-order valence-corrected chi connectivity index (χ2v) is 7.11. The van der Waals surface area contributed by atoms with Crippen molar-refractivity contribution < 1.29 is 9.05 Å². The summed E-state index contributed by atoms with van der Waals surface area (Å²) in [7, 11) is 3.07. The summed E-state index contributed by atoms with van der Waals surface area (Å²) in [5, 5.41) is 0. The van der Waals surface area contributed by atoms with Gasteiger partial charge in [0.15, 0.2) is 0 Å². The van der Waals surface area contributed by atoms with Crippen molar-refractivity contribution >= 4 is 8.53 Å². The Labute approximate surface area is 112 Å². The number of allylic oxidation sites excluding steroid dienone is 3. The highest BCUT2D eigenvalue weighted by molar-refractivity contribution is 7.44. The summed E-state index contributed by atoms with van der Waals surface area (Å²) in [6.45, 7) is 8.35. The minimum atomic E-state index is -0.965. The maximum absolute atomic E-state index is 6.25. The van der Waals surface area contributed by atoms with Crippen molar-refractivity contribution in [2.75, 3.05) is 14.1 Å². The first kappa shape index (κ1) is 14.0. The van der Waals surface area contributed by atoms with E-state index in [2.05, 4.69) is 20.4 Å². The Kier molecular flexibility index (Phi) is 4.47. The zero-order chi connectivity index (χ0) is 13.3. The van der Waals surface area contributed by atoms with E-state index in [1.807, 2.05) is 30.9 Å². The molecule has 2 fully saturated rings. The van der Waals surface area contributed by atoms with Gasteiger partial charge in [0.2, 0.25) is 0 Å². The molecule has 0 aromatic rings. The predicted octanol–water partition coefficient (Wildman–Crippen LogP) is 3.94. The second kappa shape index (κ2) is 5.73. The van der Waals surface area contributed by atoms with Crippen molar-refractivity contribution in [2.45, 2.75) is 32.8 Å². The van der Waals surface area contributed by atoms with E-state index in [9.17, 15) is 0 Å². The predicted molar refractivity (Wildman–Crippen MR) is 75.9 cm³/mol. The van der Waals surface area contributed by atoms with E-state index in [-0.39, 0.29) is 0 Å². The standard InChI is InChI=1S/C14H24NO2P/c1-6-8-13-12-9-10(3)14(11(12)7-2)17-18(16-13)15(4)5/h6,8,10-12,14H,1,7,9H2,2-5H3/b13-8+. The molecule has 2 aliphatic rings. The Morgan fingerprint density at radius 1 is 1.50 bits per heavy atom. The van der Waals surface area contributed by atoms with Crippen LogP contribution in [-0.4, -0.2) is 24.9 Å². The van der Waals surface area contributed by atoms with Crippen molar-refractivity contribution in [3.63, 3.8) is 0 Å². The maximum atomic E-state index is 6.25. The van der Waals surface area contributed by atoms with E-state index < -0.39 is 8.53 Å². The lowest BCUT2D eigenvalue weighted by Gasteiger charge is -2.28. The fraction of sp³-hybridized carbons (Fsp3) is 0.714. The van der Waals surface area contributed by atoms with Gasteiger partial charge in [0.05, 0.1) is 6.10 Å². The highest BCUT2D eigenvalue weighted by Gasteiger charge is 2.48. The molecule has 1 aliphatic carbocycles. The van der Waals surface area contributed by atoms with E-state index in [1.54, 1.807) is 0 Å². The highest BCUT2D eigenvalue weighted by atomic mass is 31.2. The lowest BCUT2D eigenvalue weighted by molar-refractivity contribution is 0.118. The van der Waals surface area contributed by atoms with Gasteiger partial charge >= 0.3 is 8.53 Å². The first-order valence-electron chi connectivity index (χ1n) is 6.73. The van der Waals surface area contributed by atoms with Crippen LogP contribution in [0.25, 0.3) is 0 Å². The minimum absolute atomic E-state index is 0.337. The number of nitrogens with zero attached hydrogens (tertiary/aromatic N) is 1. The molecule has 1 saturated carbocycles. The molecule has 3 nitrogen and oxygen atoms in total. The van der Waals surface area contributed by atoms with Crippen molar-refractivity contribution in [1.82, 2.24) is 4.67 Å². The molecule has 4 heteroatoms. The summed E-state index contributed by atoms with van der Waals surface area (Å²) < 4.78 is 14.4. The molecule has 1 saturated heterocycles. The fourth-order valence-electron chi connectivity index (χ4n) is 3.12. The topological polar surface area (TPSA) is 21.7 Å². The number of fused-ring (bicyclic) bond motifs is 2. The summed E-state index contributed by atoms with van der Waals surface area (Å²) in [5.41, 5.74) is 0. The number of hydrogen-bond acceptors (Lipinski definition) is 3. The molecule has 0 N–H and O–H groups in total. The van der Waals surface area contributed by atoms with Crippen LogP contribution in [0.1, 0.15) is 26.7 Å². The molecule has 5 atom stereocenters.